The van der Waals surface area contributed by atoms with Crippen LogP contribution in [-0.2, 0) is 4.74 Å². The van der Waals surface area contributed by atoms with Crippen molar-refractivity contribution in [2.24, 2.45) is 0 Å². The highest BCUT2D eigenvalue weighted by Gasteiger charge is 2.34. The number of likely N-dealkylation sites (N-methyl/N-ethyl adjacent to an activating group) is 1. The van der Waals surface area contributed by atoms with Gasteiger partial charge in [-0.25, -0.2) is 0 Å². The minimum absolute atomic E-state index is 0.0332. The number of nitriles is 1. The van der Waals surface area contributed by atoms with Gasteiger partial charge in [0.05, 0.1) is 16.8 Å². The summed E-state index contributed by atoms with van der Waals surface area (Å²) in [5.41, 5.74) is 1.43. The van der Waals surface area contributed by atoms with Crippen molar-refractivity contribution in [2.45, 2.75) is 25.0 Å². The molecule has 1 aliphatic rings. The van der Waals surface area contributed by atoms with E-state index < -0.39 is 6.61 Å². The predicted octanol–water partition coefficient (Wildman–Crippen LogP) is 3.23. The first-order chi connectivity index (χ1) is 12.9. The van der Waals surface area contributed by atoms with E-state index in [1.54, 1.807) is 6.07 Å². The molecule has 0 unspecified atom stereocenters. The van der Waals surface area contributed by atoms with Crippen LogP contribution in [0.2, 0.25) is 0 Å². The van der Waals surface area contributed by atoms with E-state index in [9.17, 15) is 14.0 Å². The lowest BCUT2D eigenvalue weighted by molar-refractivity contribution is -0.0497. The Hall–Kier alpha value is -2.50. The van der Waals surface area contributed by atoms with Gasteiger partial charge >= 0.3 is 6.61 Å². The van der Waals surface area contributed by atoms with E-state index in [1.807, 2.05) is 14.1 Å². The van der Waals surface area contributed by atoms with E-state index in [2.05, 4.69) is 26.0 Å². The molecule has 0 saturated carbocycles. The minimum Gasteiger partial charge on any atom is -0.435 e. The molecule has 0 bridgehead atoms. The van der Waals surface area contributed by atoms with Crippen molar-refractivity contribution in [3.05, 3.63) is 30.0 Å². The Balaban J connectivity index is 1.97. The van der Waals surface area contributed by atoms with Gasteiger partial charge in [0, 0.05) is 36.9 Å². The van der Waals surface area contributed by atoms with E-state index >= 15 is 0 Å². The Morgan fingerprint density at radius 2 is 2.11 bits per heavy atom. The van der Waals surface area contributed by atoms with Gasteiger partial charge in [-0.2, -0.15) is 14.0 Å². The lowest BCUT2D eigenvalue weighted by Crippen LogP contribution is -2.53. The number of alkyl halides is 2. The number of hydrogen-bond donors (Lipinski definition) is 1. The summed E-state index contributed by atoms with van der Waals surface area (Å²) in [7, 11) is 4.05. The number of anilines is 1. The van der Waals surface area contributed by atoms with Crippen molar-refractivity contribution in [3.63, 3.8) is 0 Å². The number of hydrogen-bond acceptors (Lipinski definition) is 6. The van der Waals surface area contributed by atoms with Crippen LogP contribution in [0.1, 0.15) is 18.4 Å². The average molecular weight is 376 g/mol. The molecular weight excluding hydrogens is 354 g/mol. The molecule has 6 nitrogen and oxygen atoms in total. The van der Waals surface area contributed by atoms with Crippen LogP contribution < -0.4 is 10.1 Å². The molecule has 2 heterocycles. The van der Waals surface area contributed by atoms with Gasteiger partial charge in [0.2, 0.25) is 0 Å². The molecule has 27 heavy (non-hydrogen) atoms. The molecule has 144 valence electrons. The fourth-order valence-electron chi connectivity index (χ4n) is 3.41. The van der Waals surface area contributed by atoms with Gasteiger partial charge < -0.3 is 19.7 Å². The maximum absolute atomic E-state index is 12.6. The molecule has 0 aliphatic carbocycles. The van der Waals surface area contributed by atoms with Gasteiger partial charge in [-0.1, -0.05) is 0 Å². The lowest BCUT2D eigenvalue weighted by atomic mass is 9.88. The zero-order valence-corrected chi connectivity index (χ0v) is 15.3. The highest BCUT2D eigenvalue weighted by molar-refractivity contribution is 5.94. The van der Waals surface area contributed by atoms with Gasteiger partial charge in [-0.05, 0) is 45.1 Å². The molecule has 1 aromatic carbocycles. The van der Waals surface area contributed by atoms with Crippen LogP contribution in [0.15, 0.2) is 24.4 Å². The Morgan fingerprint density at radius 3 is 2.74 bits per heavy atom. The number of fused-ring (bicyclic) bond motifs is 1. The summed E-state index contributed by atoms with van der Waals surface area (Å²) in [6.07, 6.45) is 3.21. The third-order valence-electron chi connectivity index (χ3n) is 5.15. The standard InChI is InChI=1S/C19H22F2N4O2/c1-25(2)19(5-7-26-8-6-19)12-24-17-13(10-22)11-23-16-4-3-14(9-15(16)17)27-18(20)21/h3-4,9,11,18H,5-8,12H2,1-2H3,(H,23,24). The molecule has 0 amide bonds. The summed E-state index contributed by atoms with van der Waals surface area (Å²) >= 11 is 0. The molecule has 0 spiro atoms. The van der Waals surface area contributed by atoms with Crippen LogP contribution in [0, 0.1) is 11.3 Å². The second kappa shape index (κ2) is 8.03. The van der Waals surface area contributed by atoms with Crippen molar-refractivity contribution in [1.82, 2.24) is 9.88 Å². The van der Waals surface area contributed by atoms with Gasteiger partial charge in [0.25, 0.3) is 0 Å². The van der Waals surface area contributed by atoms with E-state index in [0.717, 1.165) is 12.8 Å². The number of halogens is 2. The second-order valence-electron chi connectivity index (χ2n) is 6.80. The number of aromatic nitrogens is 1. The normalized spacial score (nSPS) is 16.5. The predicted molar refractivity (Wildman–Crippen MR) is 98.1 cm³/mol. The minimum atomic E-state index is -2.91. The van der Waals surface area contributed by atoms with Crippen LogP contribution in [-0.4, -0.2) is 55.9 Å². The van der Waals surface area contributed by atoms with Crippen molar-refractivity contribution in [2.75, 3.05) is 39.2 Å². The Kier molecular flexibility index (Phi) is 5.73. The lowest BCUT2D eigenvalue weighted by Gasteiger charge is -2.43. The maximum Gasteiger partial charge on any atom is 0.387 e. The third kappa shape index (κ3) is 4.10. The summed E-state index contributed by atoms with van der Waals surface area (Å²) < 4.78 is 35.1. The molecule has 0 atom stereocenters. The molecule has 1 fully saturated rings. The highest BCUT2D eigenvalue weighted by Crippen LogP contribution is 2.32. The number of rotatable bonds is 6. The first-order valence-electron chi connectivity index (χ1n) is 8.72. The number of benzene rings is 1. The number of pyridine rings is 1. The van der Waals surface area contributed by atoms with Crippen molar-refractivity contribution in [1.29, 1.82) is 5.26 Å². The van der Waals surface area contributed by atoms with Gasteiger partial charge in [0.1, 0.15) is 11.8 Å². The average Bonchev–Trinajstić information content (AvgIpc) is 2.66. The van der Waals surface area contributed by atoms with Crippen LogP contribution in [0.5, 0.6) is 5.75 Å². The fourth-order valence-corrected chi connectivity index (χ4v) is 3.41. The second-order valence-corrected chi connectivity index (χ2v) is 6.80. The van der Waals surface area contributed by atoms with E-state index in [4.69, 9.17) is 4.74 Å². The summed E-state index contributed by atoms with van der Waals surface area (Å²) in [5.74, 6) is 0.0332. The number of nitrogens with zero attached hydrogens (tertiary/aromatic N) is 3. The van der Waals surface area contributed by atoms with Crippen molar-refractivity contribution < 1.29 is 18.3 Å². The summed E-state index contributed by atoms with van der Waals surface area (Å²) in [4.78, 5) is 6.41. The topological polar surface area (TPSA) is 70.4 Å². The third-order valence-corrected chi connectivity index (χ3v) is 5.15. The van der Waals surface area contributed by atoms with Crippen molar-refractivity contribution >= 4 is 16.6 Å². The largest absolute Gasteiger partial charge is 0.435 e. The quantitative estimate of drug-likeness (QED) is 0.835. The summed E-state index contributed by atoms with van der Waals surface area (Å²) in [6, 6.07) is 6.66. The Morgan fingerprint density at radius 1 is 1.37 bits per heavy atom. The SMILES string of the molecule is CN(C)C1(CNc2c(C#N)cnc3ccc(OC(F)F)cc23)CCOCC1. The van der Waals surface area contributed by atoms with Crippen LogP contribution in [0.4, 0.5) is 14.5 Å². The fraction of sp³-hybridized carbons (Fsp3) is 0.474. The first-order valence-corrected chi connectivity index (χ1v) is 8.72. The number of ether oxygens (including phenoxy) is 2. The van der Waals surface area contributed by atoms with Crippen LogP contribution >= 0.6 is 0 Å². The van der Waals surface area contributed by atoms with Gasteiger partial charge in [-0.3, -0.25) is 4.98 Å². The van der Waals surface area contributed by atoms with Crippen molar-refractivity contribution in [3.8, 4) is 11.8 Å². The zero-order valence-electron chi connectivity index (χ0n) is 15.3. The smallest absolute Gasteiger partial charge is 0.387 e. The van der Waals surface area contributed by atoms with Gasteiger partial charge in [-0.15, -0.1) is 0 Å². The number of nitrogens with one attached hydrogen (secondary N) is 1. The monoisotopic (exact) mass is 376 g/mol. The molecule has 1 saturated heterocycles. The summed E-state index contributed by atoms with van der Waals surface area (Å²) in [6.45, 7) is -0.967. The van der Waals surface area contributed by atoms with E-state index in [1.165, 1.54) is 18.3 Å². The maximum atomic E-state index is 12.6. The molecule has 0 radical (unpaired) electrons. The molecule has 8 heteroatoms. The van der Waals surface area contributed by atoms with Crippen LogP contribution in [0.3, 0.4) is 0 Å². The molecule has 3 rings (SSSR count). The molecule has 1 N–H and O–H groups in total. The summed E-state index contributed by atoms with van der Waals surface area (Å²) in [5, 5.41) is 13.4. The van der Waals surface area contributed by atoms with E-state index in [0.29, 0.717) is 41.9 Å². The Bertz CT molecular complexity index is 845. The van der Waals surface area contributed by atoms with Crippen LogP contribution in [0.25, 0.3) is 10.9 Å². The zero-order chi connectivity index (χ0) is 19.4. The first kappa shape index (κ1) is 19.3. The highest BCUT2D eigenvalue weighted by atomic mass is 19.3. The molecule has 1 aromatic heterocycles. The molecule has 2 aromatic rings. The van der Waals surface area contributed by atoms with E-state index in [-0.39, 0.29) is 11.3 Å². The Labute approximate surface area is 156 Å². The molecular formula is C19H22F2N4O2. The van der Waals surface area contributed by atoms with Gasteiger partial charge in [0.15, 0.2) is 0 Å². The molecule has 1 aliphatic heterocycles.